The molecule has 1 saturated heterocycles. The average molecular weight is 335 g/mol. The molecular formula is C19H17N3O3. The van der Waals surface area contributed by atoms with E-state index in [9.17, 15) is 10.1 Å². The second-order valence-corrected chi connectivity index (χ2v) is 6.08. The zero-order valence-corrected chi connectivity index (χ0v) is 13.6. The van der Waals surface area contributed by atoms with Crippen LogP contribution in [0.1, 0.15) is 18.6 Å². The first kappa shape index (κ1) is 15.4. The standard InChI is InChI=1S/C19H17N3O3/c23-22(24)17-5-3-9-20-19(17)21-10-7-14(8-11-21)12-16-13-15-4-1-2-6-18(15)25-16/h1-6,9,12-13H,7-8,10-11H2. The van der Waals surface area contributed by atoms with Crippen molar-refractivity contribution in [2.45, 2.75) is 12.8 Å². The van der Waals surface area contributed by atoms with Crippen LogP contribution >= 0.6 is 0 Å². The second kappa shape index (κ2) is 6.39. The highest BCUT2D eigenvalue weighted by molar-refractivity contribution is 5.80. The van der Waals surface area contributed by atoms with Crippen LogP contribution in [-0.2, 0) is 0 Å². The van der Waals surface area contributed by atoms with E-state index >= 15 is 0 Å². The molecule has 2 aromatic heterocycles. The highest BCUT2D eigenvalue weighted by Crippen LogP contribution is 2.30. The Balaban J connectivity index is 1.51. The van der Waals surface area contributed by atoms with E-state index in [0.29, 0.717) is 18.9 Å². The molecule has 6 heteroatoms. The zero-order chi connectivity index (χ0) is 17.2. The van der Waals surface area contributed by atoms with E-state index in [1.165, 1.54) is 11.6 Å². The van der Waals surface area contributed by atoms with E-state index < -0.39 is 0 Å². The number of nitrogens with zero attached hydrogens (tertiary/aromatic N) is 3. The van der Waals surface area contributed by atoms with Gasteiger partial charge >= 0.3 is 5.69 Å². The number of furan rings is 1. The first-order chi connectivity index (χ1) is 12.2. The minimum Gasteiger partial charge on any atom is -0.457 e. The molecule has 6 nitrogen and oxygen atoms in total. The van der Waals surface area contributed by atoms with Crippen LogP contribution in [0.3, 0.4) is 0 Å². The van der Waals surface area contributed by atoms with E-state index in [1.54, 1.807) is 12.3 Å². The molecule has 4 rings (SSSR count). The molecule has 0 spiro atoms. The van der Waals surface area contributed by atoms with E-state index in [4.69, 9.17) is 4.42 Å². The van der Waals surface area contributed by atoms with E-state index in [2.05, 4.69) is 11.1 Å². The molecular weight excluding hydrogens is 318 g/mol. The molecule has 0 N–H and O–H groups in total. The molecule has 1 aromatic carbocycles. The molecule has 0 amide bonds. The molecule has 1 aliphatic heterocycles. The summed E-state index contributed by atoms with van der Waals surface area (Å²) in [4.78, 5) is 17.0. The summed E-state index contributed by atoms with van der Waals surface area (Å²) >= 11 is 0. The molecule has 3 aromatic rings. The van der Waals surface area contributed by atoms with Gasteiger partial charge in [-0.2, -0.15) is 0 Å². The Kier molecular flexibility index (Phi) is 3.93. The van der Waals surface area contributed by atoms with Crippen molar-refractivity contribution in [2.75, 3.05) is 18.0 Å². The molecule has 25 heavy (non-hydrogen) atoms. The van der Waals surface area contributed by atoms with Gasteiger partial charge in [0.2, 0.25) is 5.82 Å². The Bertz CT molecular complexity index is 918. The van der Waals surface area contributed by atoms with Crippen molar-refractivity contribution in [1.82, 2.24) is 4.98 Å². The van der Waals surface area contributed by atoms with Gasteiger partial charge in [0.05, 0.1) is 4.92 Å². The van der Waals surface area contributed by atoms with Crippen LogP contribution in [0.25, 0.3) is 17.0 Å². The van der Waals surface area contributed by atoms with E-state index in [1.807, 2.05) is 35.2 Å². The van der Waals surface area contributed by atoms with Crippen LogP contribution in [0.2, 0.25) is 0 Å². The number of anilines is 1. The highest BCUT2D eigenvalue weighted by Gasteiger charge is 2.23. The Morgan fingerprint density at radius 1 is 1.16 bits per heavy atom. The minimum absolute atomic E-state index is 0.0622. The smallest absolute Gasteiger partial charge is 0.311 e. The lowest BCUT2D eigenvalue weighted by Gasteiger charge is -2.28. The lowest BCUT2D eigenvalue weighted by atomic mass is 10.0. The van der Waals surface area contributed by atoms with Crippen molar-refractivity contribution in [3.8, 4) is 0 Å². The SMILES string of the molecule is O=[N+]([O-])c1cccnc1N1CCC(=Cc2cc3ccccc3o2)CC1. The monoisotopic (exact) mass is 335 g/mol. The lowest BCUT2D eigenvalue weighted by molar-refractivity contribution is -0.384. The summed E-state index contributed by atoms with van der Waals surface area (Å²) in [6, 6.07) is 13.1. The van der Waals surface area contributed by atoms with Crippen molar-refractivity contribution >= 4 is 28.6 Å². The number of benzene rings is 1. The van der Waals surface area contributed by atoms with Gasteiger partial charge in [0.1, 0.15) is 11.3 Å². The third-order valence-corrected chi connectivity index (χ3v) is 4.46. The molecule has 0 saturated carbocycles. The summed E-state index contributed by atoms with van der Waals surface area (Å²) < 4.78 is 5.84. The second-order valence-electron chi connectivity index (χ2n) is 6.08. The first-order valence-electron chi connectivity index (χ1n) is 8.23. The summed E-state index contributed by atoms with van der Waals surface area (Å²) in [5, 5.41) is 12.3. The predicted octanol–water partition coefficient (Wildman–Crippen LogP) is 4.42. The quantitative estimate of drug-likeness (QED) is 0.523. The fourth-order valence-corrected chi connectivity index (χ4v) is 3.20. The number of para-hydroxylation sites is 1. The lowest BCUT2D eigenvalue weighted by Crippen LogP contribution is -2.31. The van der Waals surface area contributed by atoms with Crippen molar-refractivity contribution in [3.63, 3.8) is 0 Å². The van der Waals surface area contributed by atoms with E-state index in [-0.39, 0.29) is 10.6 Å². The van der Waals surface area contributed by atoms with Gasteiger partial charge < -0.3 is 9.32 Å². The fraction of sp³-hybridized carbons (Fsp3) is 0.211. The molecule has 0 radical (unpaired) electrons. The third kappa shape index (κ3) is 3.10. The van der Waals surface area contributed by atoms with Crippen LogP contribution in [0.15, 0.2) is 58.7 Å². The van der Waals surface area contributed by atoms with Gasteiger partial charge in [0, 0.05) is 30.7 Å². The van der Waals surface area contributed by atoms with Crippen molar-refractivity contribution in [3.05, 3.63) is 70.1 Å². The predicted molar refractivity (Wildman–Crippen MR) is 96.5 cm³/mol. The molecule has 1 aliphatic rings. The number of aromatic nitrogens is 1. The number of rotatable bonds is 3. The normalized spacial score (nSPS) is 14.7. The first-order valence-corrected chi connectivity index (χ1v) is 8.23. The van der Waals surface area contributed by atoms with Crippen LogP contribution < -0.4 is 4.90 Å². The Labute approximate surface area is 144 Å². The van der Waals surface area contributed by atoms with Crippen molar-refractivity contribution in [1.29, 1.82) is 0 Å². The van der Waals surface area contributed by atoms with Gasteiger partial charge in [-0.05, 0) is 37.1 Å². The van der Waals surface area contributed by atoms with Gasteiger partial charge in [0.25, 0.3) is 0 Å². The largest absolute Gasteiger partial charge is 0.457 e. The summed E-state index contributed by atoms with van der Waals surface area (Å²) in [6.07, 6.45) is 5.36. The van der Waals surface area contributed by atoms with E-state index in [0.717, 1.165) is 29.6 Å². The molecule has 0 aliphatic carbocycles. The molecule has 1 fully saturated rings. The molecule has 3 heterocycles. The van der Waals surface area contributed by atoms with Gasteiger partial charge in [-0.15, -0.1) is 0 Å². The zero-order valence-electron chi connectivity index (χ0n) is 13.6. The van der Waals surface area contributed by atoms with Crippen LogP contribution in [0, 0.1) is 10.1 Å². The summed E-state index contributed by atoms with van der Waals surface area (Å²) in [6.45, 7) is 1.42. The van der Waals surface area contributed by atoms with Crippen LogP contribution in [0.5, 0.6) is 0 Å². The molecule has 126 valence electrons. The number of nitro groups is 1. The topological polar surface area (TPSA) is 72.4 Å². The average Bonchev–Trinajstić information content (AvgIpc) is 3.04. The number of hydrogen-bond donors (Lipinski definition) is 0. The third-order valence-electron chi connectivity index (χ3n) is 4.46. The maximum Gasteiger partial charge on any atom is 0.311 e. The maximum absolute atomic E-state index is 11.2. The minimum atomic E-state index is -0.373. The Morgan fingerprint density at radius 3 is 2.72 bits per heavy atom. The maximum atomic E-state index is 11.2. The number of pyridine rings is 1. The van der Waals surface area contributed by atoms with Gasteiger partial charge in [-0.25, -0.2) is 4.98 Å². The fourth-order valence-electron chi connectivity index (χ4n) is 3.20. The molecule has 0 unspecified atom stereocenters. The van der Waals surface area contributed by atoms with Crippen LogP contribution in [0.4, 0.5) is 11.5 Å². The highest BCUT2D eigenvalue weighted by atomic mass is 16.6. The number of piperidine rings is 1. The van der Waals surface area contributed by atoms with Gasteiger partial charge in [-0.1, -0.05) is 23.8 Å². The molecule has 0 bridgehead atoms. The van der Waals surface area contributed by atoms with Crippen molar-refractivity contribution < 1.29 is 9.34 Å². The van der Waals surface area contributed by atoms with Crippen molar-refractivity contribution in [2.24, 2.45) is 0 Å². The van der Waals surface area contributed by atoms with Gasteiger partial charge in [-0.3, -0.25) is 10.1 Å². The summed E-state index contributed by atoms with van der Waals surface area (Å²) in [5.74, 6) is 1.31. The number of fused-ring (bicyclic) bond motifs is 1. The Hall–Kier alpha value is -3.15. The number of hydrogen-bond acceptors (Lipinski definition) is 5. The summed E-state index contributed by atoms with van der Waals surface area (Å²) in [5.41, 5.74) is 2.23. The Morgan fingerprint density at radius 2 is 1.96 bits per heavy atom. The van der Waals surface area contributed by atoms with Crippen LogP contribution in [-0.4, -0.2) is 23.0 Å². The summed E-state index contributed by atoms with van der Waals surface area (Å²) in [7, 11) is 0. The van der Waals surface area contributed by atoms with Gasteiger partial charge in [0.15, 0.2) is 0 Å². The molecule has 0 atom stereocenters.